The lowest BCUT2D eigenvalue weighted by Gasteiger charge is -2.39. The zero-order valence-corrected chi connectivity index (χ0v) is 19.0. The Morgan fingerprint density at radius 1 is 1.39 bits per heavy atom. The number of amides is 1. The molecule has 4 rings (SSSR count). The fourth-order valence-corrected chi connectivity index (χ4v) is 4.88. The van der Waals surface area contributed by atoms with Crippen LogP contribution in [0, 0.1) is 17.1 Å². The number of fused-ring (bicyclic) bond motifs is 2. The third-order valence-electron chi connectivity index (χ3n) is 6.58. The number of benzene rings is 2. The van der Waals surface area contributed by atoms with E-state index in [4.69, 9.17) is 10.5 Å². The summed E-state index contributed by atoms with van der Waals surface area (Å²) in [5.74, 6) is -0.875. The lowest BCUT2D eigenvalue weighted by molar-refractivity contribution is 0.0794. The predicted molar refractivity (Wildman–Crippen MR) is 126 cm³/mol. The monoisotopic (exact) mass is 448 g/mol. The average Bonchev–Trinajstić information content (AvgIpc) is 3.22. The largest absolute Gasteiger partial charge is 0.489 e. The van der Waals surface area contributed by atoms with Crippen molar-refractivity contribution in [3.05, 3.63) is 64.6 Å². The Morgan fingerprint density at radius 2 is 2.21 bits per heavy atom. The van der Waals surface area contributed by atoms with E-state index in [2.05, 4.69) is 29.8 Å². The normalized spacial score (nSPS) is 16.3. The number of nitrogens with one attached hydrogen (secondary N) is 1. The molecular weight excluding hydrogens is 419 g/mol. The van der Waals surface area contributed by atoms with Crippen molar-refractivity contribution in [2.24, 2.45) is 5.73 Å². The molecule has 1 aliphatic rings. The van der Waals surface area contributed by atoms with Gasteiger partial charge in [0.2, 0.25) is 5.91 Å². The van der Waals surface area contributed by atoms with Crippen LogP contribution in [0.2, 0.25) is 0 Å². The Hall–Kier alpha value is -3.37. The number of H-pyrrole nitrogens is 1. The van der Waals surface area contributed by atoms with Gasteiger partial charge in [0.25, 0.3) is 0 Å². The number of aromatic nitrogens is 1. The third-order valence-corrected chi connectivity index (χ3v) is 6.58. The first-order valence-corrected chi connectivity index (χ1v) is 11.4. The highest BCUT2D eigenvalue weighted by Gasteiger charge is 2.32. The zero-order chi connectivity index (χ0) is 23.5. The van der Waals surface area contributed by atoms with Gasteiger partial charge in [0.1, 0.15) is 6.61 Å². The lowest BCUT2D eigenvalue weighted by atomic mass is 9.94. The molecular formula is C26H29FN4O2. The molecule has 0 saturated heterocycles. The molecule has 0 bridgehead atoms. The van der Waals surface area contributed by atoms with E-state index in [9.17, 15) is 14.4 Å². The van der Waals surface area contributed by atoms with Gasteiger partial charge in [-0.1, -0.05) is 6.92 Å². The fraction of sp³-hybridized carbons (Fsp3) is 0.385. The highest BCUT2D eigenvalue weighted by Crippen LogP contribution is 2.33. The molecule has 7 heteroatoms. The lowest BCUT2D eigenvalue weighted by Crippen LogP contribution is -2.48. The second-order valence-corrected chi connectivity index (χ2v) is 8.75. The minimum atomic E-state index is -0.568. The number of hydrogen-bond donors (Lipinski definition) is 2. The van der Waals surface area contributed by atoms with E-state index in [-0.39, 0.29) is 17.8 Å². The van der Waals surface area contributed by atoms with Crippen molar-refractivity contribution in [1.82, 2.24) is 9.88 Å². The maximum atomic E-state index is 14.3. The summed E-state index contributed by atoms with van der Waals surface area (Å²) < 4.78 is 20.1. The van der Waals surface area contributed by atoms with Crippen molar-refractivity contribution in [1.29, 1.82) is 5.26 Å². The van der Waals surface area contributed by atoms with Crippen LogP contribution in [0.25, 0.3) is 10.9 Å². The van der Waals surface area contributed by atoms with Gasteiger partial charge in [0, 0.05) is 40.3 Å². The van der Waals surface area contributed by atoms with Gasteiger partial charge in [-0.25, -0.2) is 4.39 Å². The number of nitrogens with two attached hydrogens (primary N) is 1. The Kier molecular flexibility index (Phi) is 6.66. The molecule has 3 N–H and O–H groups in total. The molecule has 2 atom stereocenters. The Balaban J connectivity index is 1.52. The summed E-state index contributed by atoms with van der Waals surface area (Å²) in [5.41, 5.74) is 9.30. The number of aryl methyl sites for hydroxylation is 1. The SMILES string of the molecule is CCCN([C@@H]1COc2c(F)ccc(C(N)=O)c2C1)[C@H](C)CCc1c[nH]c2ccc(C#N)cc12. The molecule has 1 aliphatic heterocycles. The second kappa shape index (κ2) is 9.63. The summed E-state index contributed by atoms with van der Waals surface area (Å²) in [6, 6.07) is 10.9. The zero-order valence-electron chi connectivity index (χ0n) is 19.0. The smallest absolute Gasteiger partial charge is 0.249 e. The number of nitriles is 1. The van der Waals surface area contributed by atoms with Gasteiger partial charge < -0.3 is 15.5 Å². The summed E-state index contributed by atoms with van der Waals surface area (Å²) in [6.45, 7) is 5.57. The molecule has 3 aromatic rings. The van der Waals surface area contributed by atoms with Crippen LogP contribution in [0.15, 0.2) is 36.5 Å². The van der Waals surface area contributed by atoms with Crippen LogP contribution in [0.1, 0.15) is 53.7 Å². The molecule has 0 spiro atoms. The van der Waals surface area contributed by atoms with Crippen molar-refractivity contribution in [2.75, 3.05) is 13.2 Å². The first-order valence-electron chi connectivity index (χ1n) is 11.4. The molecule has 2 aromatic carbocycles. The Morgan fingerprint density at radius 3 is 2.94 bits per heavy atom. The minimum absolute atomic E-state index is 0.0283. The molecule has 33 heavy (non-hydrogen) atoms. The van der Waals surface area contributed by atoms with Crippen LogP contribution < -0.4 is 10.5 Å². The van der Waals surface area contributed by atoms with E-state index in [0.29, 0.717) is 29.7 Å². The molecule has 172 valence electrons. The summed E-state index contributed by atoms with van der Waals surface area (Å²) in [5, 5.41) is 10.3. The van der Waals surface area contributed by atoms with Crippen LogP contribution in [-0.4, -0.2) is 41.0 Å². The number of carbonyl (C=O) groups is 1. The van der Waals surface area contributed by atoms with Gasteiger partial charge in [-0.2, -0.15) is 5.26 Å². The Bertz CT molecular complexity index is 1210. The van der Waals surface area contributed by atoms with E-state index in [1.807, 2.05) is 24.4 Å². The van der Waals surface area contributed by atoms with Gasteiger partial charge in [-0.15, -0.1) is 0 Å². The first kappa shape index (κ1) is 22.8. The van der Waals surface area contributed by atoms with Crippen LogP contribution in [0.3, 0.4) is 0 Å². The van der Waals surface area contributed by atoms with E-state index in [1.54, 1.807) is 0 Å². The highest BCUT2D eigenvalue weighted by molar-refractivity contribution is 5.95. The maximum absolute atomic E-state index is 14.3. The number of aromatic amines is 1. The molecule has 1 aromatic heterocycles. The van der Waals surface area contributed by atoms with Gasteiger partial charge in [0.15, 0.2) is 11.6 Å². The van der Waals surface area contributed by atoms with E-state index >= 15 is 0 Å². The minimum Gasteiger partial charge on any atom is -0.489 e. The molecule has 0 aliphatic carbocycles. The Labute approximate surface area is 193 Å². The van der Waals surface area contributed by atoms with E-state index in [0.717, 1.165) is 36.7 Å². The highest BCUT2D eigenvalue weighted by atomic mass is 19.1. The maximum Gasteiger partial charge on any atom is 0.249 e. The number of rotatable bonds is 8. The van der Waals surface area contributed by atoms with Crippen LogP contribution in [0.5, 0.6) is 5.75 Å². The first-order chi connectivity index (χ1) is 15.9. The summed E-state index contributed by atoms with van der Waals surface area (Å²) >= 11 is 0. The number of carbonyl (C=O) groups excluding carboxylic acids is 1. The van der Waals surface area contributed by atoms with E-state index < -0.39 is 11.7 Å². The number of hydrogen-bond acceptors (Lipinski definition) is 4. The number of primary amides is 1. The molecule has 0 radical (unpaired) electrons. The van der Waals surface area contributed by atoms with Crippen molar-refractivity contribution >= 4 is 16.8 Å². The average molecular weight is 449 g/mol. The third kappa shape index (κ3) is 4.57. The van der Waals surface area contributed by atoms with Crippen LogP contribution >= 0.6 is 0 Å². The summed E-state index contributed by atoms with van der Waals surface area (Å²) in [4.78, 5) is 17.6. The molecule has 0 unspecified atom stereocenters. The van der Waals surface area contributed by atoms with Crippen molar-refractivity contribution in [3.63, 3.8) is 0 Å². The van der Waals surface area contributed by atoms with E-state index in [1.165, 1.54) is 17.7 Å². The second-order valence-electron chi connectivity index (χ2n) is 8.75. The molecule has 1 amide bonds. The predicted octanol–water partition coefficient (Wildman–Crippen LogP) is 4.31. The van der Waals surface area contributed by atoms with Crippen molar-refractivity contribution in [3.8, 4) is 11.8 Å². The topological polar surface area (TPSA) is 95.1 Å². The summed E-state index contributed by atoms with van der Waals surface area (Å²) in [6.07, 6.45) is 5.29. The van der Waals surface area contributed by atoms with Crippen LogP contribution in [0.4, 0.5) is 4.39 Å². The van der Waals surface area contributed by atoms with Gasteiger partial charge >= 0.3 is 0 Å². The van der Waals surface area contributed by atoms with Gasteiger partial charge in [-0.3, -0.25) is 9.69 Å². The molecule has 0 saturated carbocycles. The molecule has 6 nitrogen and oxygen atoms in total. The van der Waals surface area contributed by atoms with Gasteiger partial charge in [-0.05, 0) is 75.0 Å². The van der Waals surface area contributed by atoms with Crippen LogP contribution in [-0.2, 0) is 12.8 Å². The quantitative estimate of drug-likeness (QED) is 0.537. The van der Waals surface area contributed by atoms with Crippen molar-refractivity contribution < 1.29 is 13.9 Å². The standard InChI is InChI=1S/C26H29FN4O2/c1-3-10-31(19-12-22-20(26(29)32)7-8-23(27)25(22)33-15-19)16(2)4-6-18-14-30-24-9-5-17(13-28)11-21(18)24/h5,7-9,11,14,16,19,30H,3-4,6,10,12,15H2,1-2H3,(H2,29,32)/t16-,19+/m1/s1. The molecule has 0 fully saturated rings. The van der Waals surface area contributed by atoms with Gasteiger partial charge in [0.05, 0.1) is 11.6 Å². The summed E-state index contributed by atoms with van der Waals surface area (Å²) in [7, 11) is 0. The number of nitrogens with zero attached hydrogens (tertiary/aromatic N) is 2. The number of ether oxygens (including phenoxy) is 1. The fourth-order valence-electron chi connectivity index (χ4n) is 4.88. The molecule has 2 heterocycles. The number of halogens is 1. The van der Waals surface area contributed by atoms with Crippen molar-refractivity contribution in [2.45, 2.75) is 51.6 Å².